The van der Waals surface area contributed by atoms with E-state index in [0.29, 0.717) is 17.1 Å². The predicted molar refractivity (Wildman–Crippen MR) is 81.2 cm³/mol. The Morgan fingerprint density at radius 1 is 1.25 bits per heavy atom. The van der Waals surface area contributed by atoms with Gasteiger partial charge in [0.1, 0.15) is 11.6 Å². The van der Waals surface area contributed by atoms with Gasteiger partial charge in [0.05, 0.1) is 16.4 Å². The van der Waals surface area contributed by atoms with E-state index in [1.807, 2.05) is 37.2 Å². The molecule has 5 heteroatoms. The lowest BCUT2D eigenvalue weighted by atomic mass is 10.2. The van der Waals surface area contributed by atoms with Gasteiger partial charge >= 0.3 is 0 Å². The highest BCUT2D eigenvalue weighted by Gasteiger charge is 2.10. The number of nitrogens with one attached hydrogen (secondary N) is 1. The first-order valence-electron chi connectivity index (χ1n) is 6.16. The number of para-hydroxylation sites is 1. The third-order valence-corrected chi connectivity index (χ3v) is 3.25. The lowest BCUT2D eigenvalue weighted by Crippen LogP contribution is -2.12. The highest BCUT2D eigenvalue weighted by Crippen LogP contribution is 2.33. The zero-order valence-corrected chi connectivity index (χ0v) is 12.1. The maximum Gasteiger partial charge on any atom is 0.123 e. The maximum atomic E-state index is 13.2. The van der Waals surface area contributed by atoms with Gasteiger partial charge < -0.3 is 15.3 Å². The van der Waals surface area contributed by atoms with Gasteiger partial charge in [0.15, 0.2) is 0 Å². The fourth-order valence-corrected chi connectivity index (χ4v) is 2.34. The van der Waals surface area contributed by atoms with Crippen LogP contribution in [0.15, 0.2) is 36.4 Å². The summed E-state index contributed by atoms with van der Waals surface area (Å²) in [4.78, 5) is 1.90. The molecule has 106 valence electrons. The number of nitrogens with zero attached hydrogens (tertiary/aromatic N) is 1. The quantitative estimate of drug-likeness (QED) is 0.899. The summed E-state index contributed by atoms with van der Waals surface area (Å²) >= 11 is 6.17. The third kappa shape index (κ3) is 3.14. The summed E-state index contributed by atoms with van der Waals surface area (Å²) in [6.07, 6.45) is 0. The molecule has 0 radical (unpaired) electrons. The normalized spacial score (nSPS) is 10.4. The first-order valence-corrected chi connectivity index (χ1v) is 6.54. The van der Waals surface area contributed by atoms with Gasteiger partial charge in [-0.15, -0.1) is 0 Å². The lowest BCUT2D eigenvalue weighted by molar-refractivity contribution is 0.466. The number of phenolic OH excluding ortho intramolecular Hbond substituents is 1. The van der Waals surface area contributed by atoms with Crippen molar-refractivity contribution < 1.29 is 9.50 Å². The van der Waals surface area contributed by atoms with Crippen molar-refractivity contribution in [2.75, 3.05) is 24.3 Å². The van der Waals surface area contributed by atoms with Crippen molar-refractivity contribution >= 4 is 23.0 Å². The zero-order valence-electron chi connectivity index (χ0n) is 11.3. The number of anilines is 2. The van der Waals surface area contributed by atoms with Crippen molar-refractivity contribution in [3.63, 3.8) is 0 Å². The van der Waals surface area contributed by atoms with E-state index in [2.05, 4.69) is 5.32 Å². The lowest BCUT2D eigenvalue weighted by Gasteiger charge is -2.20. The van der Waals surface area contributed by atoms with Crippen molar-refractivity contribution in [1.82, 2.24) is 0 Å². The summed E-state index contributed by atoms with van der Waals surface area (Å²) in [5.74, 6) is -0.314. The van der Waals surface area contributed by atoms with Crippen molar-refractivity contribution in [2.24, 2.45) is 0 Å². The molecule has 0 unspecified atom stereocenters. The van der Waals surface area contributed by atoms with Crippen LogP contribution in [0.5, 0.6) is 5.75 Å². The first kappa shape index (κ1) is 14.5. The van der Waals surface area contributed by atoms with Gasteiger partial charge in [-0.1, -0.05) is 17.7 Å². The van der Waals surface area contributed by atoms with E-state index in [0.717, 1.165) is 11.4 Å². The van der Waals surface area contributed by atoms with Gasteiger partial charge in [0.25, 0.3) is 0 Å². The molecule has 0 saturated carbocycles. The van der Waals surface area contributed by atoms with E-state index < -0.39 is 0 Å². The first-order chi connectivity index (χ1) is 9.49. The monoisotopic (exact) mass is 294 g/mol. The van der Waals surface area contributed by atoms with E-state index in [1.165, 1.54) is 18.2 Å². The topological polar surface area (TPSA) is 35.5 Å². The molecule has 3 nitrogen and oxygen atoms in total. The standard InChI is InChI=1S/C15H16ClFN2O/c1-19(2)15-12(16)4-3-5-13(15)18-9-10-8-11(17)6-7-14(10)20/h3-8,18,20H,9H2,1-2H3. The summed E-state index contributed by atoms with van der Waals surface area (Å²) in [6.45, 7) is 0.310. The molecule has 0 bridgehead atoms. The van der Waals surface area contributed by atoms with Gasteiger partial charge in [0, 0.05) is 26.2 Å². The van der Waals surface area contributed by atoms with Crippen LogP contribution in [0.25, 0.3) is 0 Å². The molecule has 0 amide bonds. The fourth-order valence-electron chi connectivity index (χ4n) is 2.00. The summed E-state index contributed by atoms with van der Waals surface area (Å²) < 4.78 is 13.2. The van der Waals surface area contributed by atoms with Crippen molar-refractivity contribution in [1.29, 1.82) is 0 Å². The van der Waals surface area contributed by atoms with Crippen molar-refractivity contribution in [2.45, 2.75) is 6.54 Å². The Balaban J connectivity index is 2.23. The van der Waals surface area contributed by atoms with Crippen LogP contribution in [0.3, 0.4) is 0 Å². The molecule has 0 saturated heterocycles. The summed E-state index contributed by atoms with van der Waals surface area (Å²) in [7, 11) is 3.79. The molecule has 0 aliphatic rings. The van der Waals surface area contributed by atoms with E-state index >= 15 is 0 Å². The van der Waals surface area contributed by atoms with Gasteiger partial charge in [0.2, 0.25) is 0 Å². The van der Waals surface area contributed by atoms with Gasteiger partial charge in [-0.25, -0.2) is 4.39 Å². The third-order valence-electron chi connectivity index (χ3n) is 2.94. The van der Waals surface area contributed by atoms with Gasteiger partial charge in [-0.05, 0) is 30.3 Å². The molecular weight excluding hydrogens is 279 g/mol. The van der Waals surface area contributed by atoms with Crippen LogP contribution in [0.2, 0.25) is 5.02 Å². The van der Waals surface area contributed by atoms with Crippen LogP contribution in [0.1, 0.15) is 5.56 Å². The highest BCUT2D eigenvalue weighted by molar-refractivity contribution is 6.34. The van der Waals surface area contributed by atoms with E-state index in [9.17, 15) is 9.50 Å². The van der Waals surface area contributed by atoms with Crippen molar-refractivity contribution in [3.05, 3.63) is 52.8 Å². The Hall–Kier alpha value is -1.94. The average molecular weight is 295 g/mol. The largest absolute Gasteiger partial charge is 0.508 e. The number of aromatic hydroxyl groups is 1. The van der Waals surface area contributed by atoms with Crippen LogP contribution in [0.4, 0.5) is 15.8 Å². The molecule has 0 aliphatic carbocycles. The number of rotatable bonds is 4. The van der Waals surface area contributed by atoms with Crippen LogP contribution in [0, 0.1) is 5.82 Å². The molecule has 0 spiro atoms. The SMILES string of the molecule is CN(C)c1c(Cl)cccc1NCc1cc(F)ccc1O. The van der Waals surface area contributed by atoms with E-state index in [-0.39, 0.29) is 11.6 Å². The second kappa shape index (κ2) is 6.01. The maximum absolute atomic E-state index is 13.2. The van der Waals surface area contributed by atoms with Gasteiger partial charge in [-0.3, -0.25) is 0 Å². The minimum Gasteiger partial charge on any atom is -0.508 e. The smallest absolute Gasteiger partial charge is 0.123 e. The fraction of sp³-hybridized carbons (Fsp3) is 0.200. The summed E-state index contributed by atoms with van der Waals surface area (Å²) in [5, 5.41) is 13.5. The second-order valence-corrected chi connectivity index (χ2v) is 5.06. The molecule has 2 rings (SSSR count). The molecule has 2 N–H and O–H groups in total. The molecule has 2 aromatic carbocycles. The van der Waals surface area contributed by atoms with Crippen molar-refractivity contribution in [3.8, 4) is 5.75 Å². The van der Waals surface area contributed by atoms with Crippen LogP contribution >= 0.6 is 11.6 Å². The molecule has 2 aromatic rings. The second-order valence-electron chi connectivity index (χ2n) is 4.66. The Labute approximate surface area is 122 Å². The molecule has 0 heterocycles. The molecule has 0 aliphatic heterocycles. The Morgan fingerprint density at radius 2 is 2.00 bits per heavy atom. The summed E-state index contributed by atoms with van der Waals surface area (Å²) in [6, 6.07) is 9.41. The van der Waals surface area contributed by atoms with E-state index in [1.54, 1.807) is 0 Å². The number of benzene rings is 2. The number of phenols is 1. The molecule has 20 heavy (non-hydrogen) atoms. The molecule has 0 fully saturated rings. The average Bonchev–Trinajstić information content (AvgIpc) is 2.39. The van der Waals surface area contributed by atoms with Crippen LogP contribution < -0.4 is 10.2 Å². The number of halogens is 2. The minimum atomic E-state index is -0.376. The molecule has 0 aromatic heterocycles. The van der Waals surface area contributed by atoms with Gasteiger partial charge in [-0.2, -0.15) is 0 Å². The highest BCUT2D eigenvalue weighted by atomic mass is 35.5. The number of hydrogen-bond donors (Lipinski definition) is 2. The Morgan fingerprint density at radius 3 is 2.70 bits per heavy atom. The number of hydrogen-bond acceptors (Lipinski definition) is 3. The predicted octanol–water partition coefficient (Wildman–Crippen LogP) is 3.86. The van der Waals surface area contributed by atoms with Crippen LogP contribution in [-0.2, 0) is 6.54 Å². The minimum absolute atomic E-state index is 0.0623. The molecular formula is C15H16ClFN2O. The summed E-state index contributed by atoms with van der Waals surface area (Å²) in [5.41, 5.74) is 2.17. The van der Waals surface area contributed by atoms with E-state index in [4.69, 9.17) is 11.6 Å². The Kier molecular flexibility index (Phi) is 4.35. The van der Waals surface area contributed by atoms with Crippen LogP contribution in [-0.4, -0.2) is 19.2 Å². The Bertz CT molecular complexity index is 617. The zero-order chi connectivity index (χ0) is 14.7. The molecule has 0 atom stereocenters.